The molecule has 3 aromatic carbocycles. The third-order valence-corrected chi connectivity index (χ3v) is 10.0. The Balaban J connectivity index is 0.895. The minimum absolute atomic E-state index is 0.00737. The Morgan fingerprint density at radius 2 is 1.49 bits per heavy atom. The van der Waals surface area contributed by atoms with Crippen LogP contribution in [0.15, 0.2) is 91.3 Å². The first-order valence-corrected chi connectivity index (χ1v) is 18.5. The SMILES string of the molecule is COc1cc2c(cc1OCCCC(=O)Nc1cc(C(=O)Nc3ccc(-c4cc(C(=O)Nc5ccccc5)n(C)c4)cc3)n(C)c1)NC[C@@H]1CCCCN1C2=O. The van der Waals surface area contributed by atoms with E-state index in [9.17, 15) is 19.2 Å². The Hall–Kier alpha value is -6.50. The number of rotatable bonds is 12. The number of anilines is 4. The van der Waals surface area contributed by atoms with Crippen molar-refractivity contribution in [2.45, 2.75) is 38.1 Å². The monoisotopic (exact) mass is 743 g/mol. The van der Waals surface area contributed by atoms with Gasteiger partial charge in [0.05, 0.1) is 30.7 Å². The molecule has 2 aliphatic heterocycles. The molecule has 284 valence electrons. The van der Waals surface area contributed by atoms with Crippen molar-refractivity contribution in [1.29, 1.82) is 0 Å². The van der Waals surface area contributed by atoms with E-state index < -0.39 is 0 Å². The molecular formula is C42H45N7O6. The number of hydrogen-bond donors (Lipinski definition) is 4. The third kappa shape index (κ3) is 8.35. The fourth-order valence-electron chi connectivity index (χ4n) is 7.12. The van der Waals surface area contributed by atoms with Gasteiger partial charge >= 0.3 is 0 Å². The van der Waals surface area contributed by atoms with Crippen LogP contribution in [0.3, 0.4) is 0 Å². The second-order valence-corrected chi connectivity index (χ2v) is 13.9. The van der Waals surface area contributed by atoms with Crippen molar-refractivity contribution in [2.75, 3.05) is 48.1 Å². The molecule has 4 amide bonds. The first-order valence-electron chi connectivity index (χ1n) is 18.5. The van der Waals surface area contributed by atoms with Crippen LogP contribution in [0, 0.1) is 0 Å². The number of piperidine rings is 1. The molecule has 55 heavy (non-hydrogen) atoms. The van der Waals surface area contributed by atoms with Crippen molar-refractivity contribution in [3.63, 3.8) is 0 Å². The van der Waals surface area contributed by atoms with E-state index >= 15 is 0 Å². The molecule has 1 fully saturated rings. The molecule has 0 spiro atoms. The minimum Gasteiger partial charge on any atom is -0.493 e. The van der Waals surface area contributed by atoms with Gasteiger partial charge in [0.1, 0.15) is 11.4 Å². The molecule has 1 saturated heterocycles. The van der Waals surface area contributed by atoms with Crippen LogP contribution in [0.25, 0.3) is 11.1 Å². The van der Waals surface area contributed by atoms with Gasteiger partial charge in [0.25, 0.3) is 17.7 Å². The summed E-state index contributed by atoms with van der Waals surface area (Å²) in [5.74, 6) is 0.236. The molecule has 0 saturated carbocycles. The normalized spacial score (nSPS) is 14.9. The molecule has 0 radical (unpaired) electrons. The quantitative estimate of drug-likeness (QED) is 0.103. The van der Waals surface area contributed by atoms with Gasteiger partial charge in [-0.25, -0.2) is 0 Å². The summed E-state index contributed by atoms with van der Waals surface area (Å²) >= 11 is 0. The summed E-state index contributed by atoms with van der Waals surface area (Å²) in [6.45, 7) is 1.72. The molecule has 0 aliphatic carbocycles. The average Bonchev–Trinajstić information content (AvgIpc) is 3.73. The molecular weight excluding hydrogens is 699 g/mol. The van der Waals surface area contributed by atoms with E-state index in [0.29, 0.717) is 52.8 Å². The largest absolute Gasteiger partial charge is 0.493 e. The Morgan fingerprint density at radius 1 is 0.782 bits per heavy atom. The number of benzene rings is 3. The Labute approximate surface area is 319 Å². The fraction of sp³-hybridized carbons (Fsp3) is 0.286. The molecule has 1 atom stereocenters. The maximum Gasteiger partial charge on any atom is 0.272 e. The van der Waals surface area contributed by atoms with E-state index in [4.69, 9.17) is 9.47 Å². The zero-order valence-corrected chi connectivity index (χ0v) is 31.2. The maximum absolute atomic E-state index is 13.3. The molecule has 2 aromatic heterocycles. The number of carbonyl (C=O) groups is 4. The smallest absolute Gasteiger partial charge is 0.272 e. The number of nitrogens with one attached hydrogen (secondary N) is 4. The topological polar surface area (TPSA) is 148 Å². The van der Waals surface area contributed by atoms with E-state index in [2.05, 4.69) is 21.3 Å². The lowest BCUT2D eigenvalue weighted by atomic mass is 10.0. The number of amides is 4. The van der Waals surface area contributed by atoms with Crippen molar-refractivity contribution in [1.82, 2.24) is 14.0 Å². The number of methoxy groups -OCH3 is 1. The molecule has 5 aromatic rings. The first-order chi connectivity index (χ1) is 26.7. The number of aromatic nitrogens is 2. The van der Waals surface area contributed by atoms with Gasteiger partial charge in [-0.1, -0.05) is 30.3 Å². The molecule has 7 rings (SSSR count). The highest BCUT2D eigenvalue weighted by Gasteiger charge is 2.32. The van der Waals surface area contributed by atoms with Crippen LogP contribution in [0.5, 0.6) is 11.5 Å². The van der Waals surface area contributed by atoms with Crippen LogP contribution in [-0.2, 0) is 18.9 Å². The van der Waals surface area contributed by atoms with Crippen LogP contribution in [-0.4, -0.2) is 70.5 Å². The Kier molecular flexibility index (Phi) is 10.9. The van der Waals surface area contributed by atoms with Gasteiger partial charge < -0.3 is 44.8 Å². The summed E-state index contributed by atoms with van der Waals surface area (Å²) in [6.07, 6.45) is 7.33. The van der Waals surface area contributed by atoms with Crippen LogP contribution in [0.2, 0.25) is 0 Å². The molecule has 13 nitrogen and oxygen atoms in total. The molecule has 4 heterocycles. The highest BCUT2D eigenvalue weighted by atomic mass is 16.5. The zero-order chi connectivity index (χ0) is 38.5. The van der Waals surface area contributed by atoms with Crippen molar-refractivity contribution in [3.05, 3.63) is 108 Å². The number of hydrogen-bond acceptors (Lipinski definition) is 7. The zero-order valence-electron chi connectivity index (χ0n) is 31.2. The number of para-hydroxylation sites is 1. The second-order valence-electron chi connectivity index (χ2n) is 13.9. The number of carbonyl (C=O) groups excluding carboxylic acids is 4. The van der Waals surface area contributed by atoms with E-state index in [1.54, 1.807) is 53.8 Å². The van der Waals surface area contributed by atoms with Crippen molar-refractivity contribution in [3.8, 4) is 22.6 Å². The van der Waals surface area contributed by atoms with Gasteiger partial charge in [0.15, 0.2) is 11.5 Å². The van der Waals surface area contributed by atoms with Gasteiger partial charge in [-0.15, -0.1) is 0 Å². The van der Waals surface area contributed by atoms with Crippen LogP contribution in [0.4, 0.5) is 22.7 Å². The fourth-order valence-corrected chi connectivity index (χ4v) is 7.12. The summed E-state index contributed by atoms with van der Waals surface area (Å²) in [5, 5.41) is 12.1. The minimum atomic E-state index is -0.328. The van der Waals surface area contributed by atoms with Crippen molar-refractivity contribution >= 4 is 46.4 Å². The van der Waals surface area contributed by atoms with Gasteiger partial charge in [-0.3, -0.25) is 19.2 Å². The van der Waals surface area contributed by atoms with E-state index in [0.717, 1.165) is 48.3 Å². The predicted molar refractivity (Wildman–Crippen MR) is 212 cm³/mol. The number of fused-ring (bicyclic) bond motifs is 2. The van der Waals surface area contributed by atoms with Crippen LogP contribution >= 0.6 is 0 Å². The van der Waals surface area contributed by atoms with Crippen LogP contribution < -0.4 is 30.7 Å². The van der Waals surface area contributed by atoms with Crippen molar-refractivity contribution < 1.29 is 28.7 Å². The number of nitrogens with zero attached hydrogens (tertiary/aromatic N) is 3. The summed E-state index contributed by atoms with van der Waals surface area (Å²) in [6, 6.07) is 23.8. The Bertz CT molecular complexity index is 2210. The van der Waals surface area contributed by atoms with Gasteiger partial charge in [-0.2, -0.15) is 0 Å². The van der Waals surface area contributed by atoms with Gasteiger partial charge in [0, 0.05) is 75.0 Å². The highest BCUT2D eigenvalue weighted by Crippen LogP contribution is 2.37. The maximum atomic E-state index is 13.3. The summed E-state index contributed by atoms with van der Waals surface area (Å²) in [4.78, 5) is 54.2. The van der Waals surface area contributed by atoms with E-state index in [-0.39, 0.29) is 42.7 Å². The molecule has 2 aliphatic rings. The van der Waals surface area contributed by atoms with Crippen molar-refractivity contribution in [2.24, 2.45) is 14.1 Å². The lowest BCUT2D eigenvalue weighted by Crippen LogP contribution is -2.45. The summed E-state index contributed by atoms with van der Waals surface area (Å²) < 4.78 is 15.0. The average molecular weight is 744 g/mol. The lowest BCUT2D eigenvalue weighted by Gasteiger charge is -2.34. The molecule has 0 bridgehead atoms. The van der Waals surface area contributed by atoms with Crippen LogP contribution in [0.1, 0.15) is 63.4 Å². The molecule has 4 N–H and O–H groups in total. The lowest BCUT2D eigenvalue weighted by molar-refractivity contribution is -0.116. The highest BCUT2D eigenvalue weighted by molar-refractivity contribution is 6.05. The number of ether oxygens (including phenoxy) is 2. The predicted octanol–water partition coefficient (Wildman–Crippen LogP) is 6.76. The van der Waals surface area contributed by atoms with E-state index in [1.807, 2.05) is 72.7 Å². The van der Waals surface area contributed by atoms with E-state index in [1.165, 1.54) is 0 Å². The molecule has 13 heteroatoms. The second kappa shape index (κ2) is 16.3. The molecule has 0 unspecified atom stereocenters. The summed E-state index contributed by atoms with van der Waals surface area (Å²) in [7, 11) is 5.11. The Morgan fingerprint density at radius 3 is 2.24 bits per heavy atom. The third-order valence-electron chi connectivity index (χ3n) is 10.0. The first kappa shape index (κ1) is 36.8. The standard InChI is InChI=1S/C42H45N7O6/c1-47-25-28(20-35(47)40(51)45-29-10-5-4-6-11-29)27-14-16-30(17-15-27)46-41(52)36-21-31(26-48(36)2)44-39(50)13-9-19-55-38-23-34-33(22-37(38)54-3)42(53)49-18-8-7-12-32(49)24-43-34/h4-6,10-11,14-17,20-23,25-26,32,43H,7-9,12-13,18-19,24H2,1-3H3,(H,44,50)(H,45,51)(H,46,52)/t32-/m0/s1. The van der Waals surface area contributed by atoms with Gasteiger partial charge in [-0.05, 0) is 73.7 Å². The van der Waals surface area contributed by atoms with Gasteiger partial charge in [0.2, 0.25) is 5.91 Å². The number of aryl methyl sites for hydroxylation is 2. The summed E-state index contributed by atoms with van der Waals surface area (Å²) in [5.41, 5.74) is 5.77.